The first-order valence-corrected chi connectivity index (χ1v) is 27.5. The van der Waals surface area contributed by atoms with Gasteiger partial charge in [-0.15, -0.1) is 0 Å². The maximum atomic E-state index is 15.0. The highest BCUT2D eigenvalue weighted by atomic mass is 16.7. The second kappa shape index (κ2) is 20.9. The van der Waals surface area contributed by atoms with Gasteiger partial charge in [-0.2, -0.15) is 0 Å². The zero-order chi connectivity index (χ0) is 53.9. The van der Waals surface area contributed by atoms with Crippen LogP contribution >= 0.6 is 0 Å². The van der Waals surface area contributed by atoms with E-state index in [0.717, 1.165) is 44.9 Å². The minimum atomic E-state index is -1.78. The molecule has 3 saturated heterocycles. The van der Waals surface area contributed by atoms with E-state index in [9.17, 15) is 66.1 Å². The van der Waals surface area contributed by atoms with Gasteiger partial charge in [0, 0.05) is 12.5 Å². The Hall–Kier alpha value is -1.51. The minimum absolute atomic E-state index is 0.00607. The molecule has 20 nitrogen and oxygen atoms in total. The fraction of sp³-hybridized carbons (Fsp3) is 0.944. The van der Waals surface area contributed by atoms with Crippen molar-refractivity contribution in [3.05, 3.63) is 11.1 Å². The summed E-state index contributed by atoms with van der Waals surface area (Å²) >= 11 is 0. The van der Waals surface area contributed by atoms with E-state index in [-0.39, 0.29) is 46.0 Å². The van der Waals surface area contributed by atoms with Crippen LogP contribution in [0.1, 0.15) is 132 Å². The lowest BCUT2D eigenvalue weighted by Gasteiger charge is -2.67. The largest absolute Gasteiger partial charge is 0.432 e. The van der Waals surface area contributed by atoms with Crippen molar-refractivity contribution in [1.29, 1.82) is 0 Å². The molecule has 27 atom stereocenters. The molecule has 0 spiro atoms. The van der Waals surface area contributed by atoms with Crippen LogP contribution < -0.4 is 0 Å². The predicted octanol–water partition coefficient (Wildman–Crippen LogP) is 0.438. The number of carbonyl (C=O) groups is 1. The fourth-order valence-electron chi connectivity index (χ4n) is 16.4. The van der Waals surface area contributed by atoms with E-state index in [0.29, 0.717) is 31.6 Å². The van der Waals surface area contributed by atoms with Crippen LogP contribution in [0.3, 0.4) is 0 Å². The number of aliphatic hydroxyl groups is 12. The lowest BCUT2D eigenvalue weighted by molar-refractivity contribution is -0.362. The van der Waals surface area contributed by atoms with Crippen LogP contribution in [0.25, 0.3) is 0 Å². The Balaban J connectivity index is 0.883. The standard InChI is InChI=1S/C54H88O20/c1-23-34(56)38(60)42(64)47(69-23)73-45-24(2)70-46(44(66)41(45)63)72-33-13-15-53(8)31(51(33,5)6)12-14-52(7)27-11-16-54(18-17-50(3,4)20-28(54)26(27)9-10-32(52)53)49(67)74-48-43(65)40(62)37(59)30(71-48)22-68-29-19-25(21-55)35(57)39(61)36(29)58/h23-25,28-48,55-66H,9-22H2,1-8H3/t23-,24+,25+,28-,29-,30+,31+,32-,33-,34-,35-,36-,37-,38+,39+,40+,41-,42+,43+,44+,45-,46+,47+,48+,52-,53-,54+/m0/s1. The third kappa shape index (κ3) is 9.58. The van der Waals surface area contributed by atoms with Crippen molar-refractivity contribution in [2.75, 3.05) is 13.2 Å². The van der Waals surface area contributed by atoms with Gasteiger partial charge in [0.2, 0.25) is 6.29 Å². The van der Waals surface area contributed by atoms with Crippen molar-refractivity contribution in [2.24, 2.45) is 50.7 Å². The van der Waals surface area contributed by atoms with Gasteiger partial charge in [0.05, 0.1) is 42.5 Å². The number of esters is 1. The third-order valence-corrected chi connectivity index (χ3v) is 21.0. The number of fused-ring (bicyclic) bond motifs is 6. The lowest BCUT2D eigenvalue weighted by Crippen LogP contribution is -2.64. The van der Waals surface area contributed by atoms with E-state index >= 15 is 0 Å². The Morgan fingerprint density at radius 3 is 1.95 bits per heavy atom. The summed E-state index contributed by atoms with van der Waals surface area (Å²) in [5.74, 6) is -0.865. The molecular formula is C54H88O20. The van der Waals surface area contributed by atoms with Gasteiger partial charge in [-0.3, -0.25) is 4.79 Å². The van der Waals surface area contributed by atoms with Crippen molar-refractivity contribution in [1.82, 2.24) is 0 Å². The Labute approximate surface area is 434 Å². The average molecular weight is 1060 g/mol. The van der Waals surface area contributed by atoms with Crippen molar-refractivity contribution in [3.63, 3.8) is 0 Å². The van der Waals surface area contributed by atoms with E-state index < -0.39 is 147 Å². The Bertz CT molecular complexity index is 2040. The molecule has 0 radical (unpaired) electrons. The van der Waals surface area contributed by atoms with E-state index in [1.54, 1.807) is 6.92 Å². The summed E-state index contributed by atoms with van der Waals surface area (Å²) in [6.45, 7) is 16.1. The average Bonchev–Trinajstić information content (AvgIpc) is 3.35. The number of aliphatic hydroxyl groups excluding tert-OH is 12. The van der Waals surface area contributed by atoms with Crippen molar-refractivity contribution in [2.45, 2.75) is 255 Å². The predicted molar refractivity (Wildman–Crippen MR) is 259 cm³/mol. The molecule has 12 N–H and O–H groups in total. The third-order valence-electron chi connectivity index (χ3n) is 21.0. The first-order chi connectivity index (χ1) is 34.6. The van der Waals surface area contributed by atoms with Crippen molar-refractivity contribution >= 4 is 5.97 Å². The molecule has 9 rings (SSSR count). The van der Waals surface area contributed by atoms with Gasteiger partial charge in [0.15, 0.2) is 12.6 Å². The Morgan fingerprint density at radius 2 is 1.24 bits per heavy atom. The van der Waals surface area contributed by atoms with Gasteiger partial charge in [-0.25, -0.2) is 0 Å². The van der Waals surface area contributed by atoms with Crippen LogP contribution in [0, 0.1) is 50.7 Å². The Kier molecular flexibility index (Phi) is 16.1. The first-order valence-electron chi connectivity index (χ1n) is 27.5. The topological polar surface area (TPSA) is 324 Å². The molecule has 0 amide bonds. The normalized spacial score (nSPS) is 53.2. The summed E-state index contributed by atoms with van der Waals surface area (Å²) in [7, 11) is 0. The zero-order valence-electron chi connectivity index (χ0n) is 44.4. The molecule has 6 aliphatic carbocycles. The number of hydrogen-bond donors (Lipinski definition) is 12. The quantitative estimate of drug-likeness (QED) is 0.0802. The maximum absolute atomic E-state index is 15.0. The van der Waals surface area contributed by atoms with Crippen molar-refractivity contribution < 1.29 is 99.2 Å². The summed E-state index contributed by atoms with van der Waals surface area (Å²) in [4.78, 5) is 15.0. The molecule has 4 saturated carbocycles. The van der Waals surface area contributed by atoms with Gasteiger partial charge < -0.3 is 94.4 Å². The number of carbonyl (C=O) groups excluding carboxylic acids is 1. The maximum Gasteiger partial charge on any atom is 0.315 e. The summed E-state index contributed by atoms with van der Waals surface area (Å²) in [6.07, 6.45) is -18.3. The highest BCUT2D eigenvalue weighted by Crippen LogP contribution is 2.72. The fourth-order valence-corrected chi connectivity index (χ4v) is 16.4. The minimum Gasteiger partial charge on any atom is -0.432 e. The van der Waals surface area contributed by atoms with E-state index in [1.807, 2.05) is 0 Å². The molecule has 424 valence electrons. The van der Waals surface area contributed by atoms with Gasteiger partial charge in [0.1, 0.15) is 73.2 Å². The van der Waals surface area contributed by atoms with Crippen LogP contribution in [-0.4, -0.2) is 203 Å². The molecule has 7 fully saturated rings. The SMILES string of the molecule is C[C@@H]1O[C@H](O[C@@H]2[C@@H](O)[C@@H](O)[C@@H](O[C@H]3CC[C@@]4(C)[C@H](CC[C@@]5(C)C6=C(CC[C@H]45)[C@@H]4CC(C)(C)CC[C@]4(C(=O)O[C@H]4O[C@H](CO[C@H]5C[C@H](CO)[C@H](O)[C@@H](O)[C@H]5O)[C@H](O)[C@@H](O)[C@H]4O)CC6)C3(C)C)O[C@@H]2C)[C@H](O)[C@H](O)[C@H]1O. The molecule has 20 heteroatoms. The Morgan fingerprint density at radius 1 is 0.608 bits per heavy atom. The second-order valence-corrected chi connectivity index (χ2v) is 26.1. The highest BCUT2D eigenvalue weighted by molar-refractivity contribution is 5.79. The molecule has 74 heavy (non-hydrogen) atoms. The van der Waals surface area contributed by atoms with Crippen LogP contribution in [0.4, 0.5) is 0 Å². The van der Waals surface area contributed by atoms with Crippen LogP contribution in [-0.2, 0) is 38.0 Å². The van der Waals surface area contributed by atoms with E-state index in [1.165, 1.54) is 18.1 Å². The highest BCUT2D eigenvalue weighted by Gasteiger charge is 2.66. The number of ether oxygens (including phenoxy) is 7. The van der Waals surface area contributed by atoms with Crippen LogP contribution in [0.15, 0.2) is 11.1 Å². The second-order valence-electron chi connectivity index (χ2n) is 26.1. The molecule has 0 bridgehead atoms. The summed E-state index contributed by atoms with van der Waals surface area (Å²) < 4.78 is 42.5. The molecule has 0 aromatic carbocycles. The zero-order valence-corrected chi connectivity index (χ0v) is 44.4. The molecular weight excluding hydrogens is 969 g/mol. The first kappa shape index (κ1) is 57.2. The molecule has 3 heterocycles. The van der Waals surface area contributed by atoms with Gasteiger partial charge in [-0.05, 0) is 130 Å². The molecule has 0 unspecified atom stereocenters. The number of rotatable bonds is 10. The molecule has 0 aromatic rings. The van der Waals surface area contributed by atoms with Gasteiger partial charge in [0.25, 0.3) is 0 Å². The van der Waals surface area contributed by atoms with Gasteiger partial charge >= 0.3 is 5.97 Å². The van der Waals surface area contributed by atoms with E-state index in [2.05, 4.69) is 41.5 Å². The summed E-state index contributed by atoms with van der Waals surface area (Å²) in [6, 6.07) is 0. The number of hydrogen-bond acceptors (Lipinski definition) is 20. The molecule has 0 aromatic heterocycles. The van der Waals surface area contributed by atoms with Crippen molar-refractivity contribution in [3.8, 4) is 0 Å². The summed E-state index contributed by atoms with van der Waals surface area (Å²) in [5.41, 5.74) is 1.17. The lowest BCUT2D eigenvalue weighted by atomic mass is 9.38. The number of allylic oxidation sites excluding steroid dienone is 2. The van der Waals surface area contributed by atoms with Crippen LogP contribution in [0.2, 0.25) is 0 Å². The summed E-state index contributed by atoms with van der Waals surface area (Å²) in [5, 5.41) is 128. The molecule has 9 aliphatic rings. The monoisotopic (exact) mass is 1060 g/mol. The van der Waals surface area contributed by atoms with Crippen LogP contribution in [0.5, 0.6) is 0 Å². The van der Waals surface area contributed by atoms with E-state index in [4.69, 9.17) is 33.2 Å². The van der Waals surface area contributed by atoms with Gasteiger partial charge in [-0.1, -0.05) is 52.7 Å². The molecule has 3 aliphatic heterocycles. The smallest absolute Gasteiger partial charge is 0.315 e.